The average Bonchev–Trinajstić information content (AvgIpc) is 2.66. The number of halogens is 2. The lowest BCUT2D eigenvalue weighted by Crippen LogP contribution is -2.40. The number of benzene rings is 2. The number of ether oxygens (including phenoxy) is 2. The molecule has 0 bridgehead atoms. The van der Waals surface area contributed by atoms with Gasteiger partial charge in [-0.15, -0.1) is 0 Å². The lowest BCUT2D eigenvalue weighted by molar-refractivity contribution is 0.0471. The van der Waals surface area contributed by atoms with Crippen molar-refractivity contribution in [1.82, 2.24) is 4.31 Å². The molecule has 1 aliphatic rings. The van der Waals surface area contributed by atoms with E-state index in [2.05, 4.69) is 0 Å². The molecule has 2 aromatic carbocycles. The molecule has 0 unspecified atom stereocenters. The van der Waals surface area contributed by atoms with Crippen LogP contribution >= 0.6 is 0 Å². The van der Waals surface area contributed by atoms with Crippen molar-refractivity contribution in [2.75, 3.05) is 26.3 Å². The molecule has 2 aromatic rings. The zero-order chi connectivity index (χ0) is 19.4. The summed E-state index contributed by atoms with van der Waals surface area (Å²) in [4.78, 5) is 12.0. The van der Waals surface area contributed by atoms with Crippen LogP contribution in [0.5, 0.6) is 0 Å². The maximum Gasteiger partial charge on any atom is 0.338 e. The average molecular weight is 397 g/mol. The van der Waals surface area contributed by atoms with Crippen LogP contribution in [0.3, 0.4) is 0 Å². The first kappa shape index (κ1) is 19.4. The third-order valence-corrected chi connectivity index (χ3v) is 5.87. The number of hydrogen-bond acceptors (Lipinski definition) is 5. The molecule has 0 amide bonds. The number of rotatable bonds is 5. The Labute approximate surface area is 155 Å². The Morgan fingerprint density at radius 2 is 1.74 bits per heavy atom. The largest absolute Gasteiger partial charge is 0.457 e. The van der Waals surface area contributed by atoms with E-state index in [0.717, 1.165) is 12.1 Å². The first-order valence-electron chi connectivity index (χ1n) is 8.16. The Morgan fingerprint density at radius 3 is 2.41 bits per heavy atom. The number of morpholine rings is 1. The molecule has 0 N–H and O–H groups in total. The van der Waals surface area contributed by atoms with E-state index < -0.39 is 27.6 Å². The second-order valence-corrected chi connectivity index (χ2v) is 7.84. The van der Waals surface area contributed by atoms with Crippen LogP contribution in [0.2, 0.25) is 0 Å². The molecule has 144 valence electrons. The summed E-state index contributed by atoms with van der Waals surface area (Å²) in [5.74, 6) is -2.68. The Bertz CT molecular complexity index is 922. The Balaban J connectivity index is 1.71. The van der Waals surface area contributed by atoms with Gasteiger partial charge in [0.05, 0.1) is 23.7 Å². The number of hydrogen-bond donors (Lipinski definition) is 0. The molecule has 9 heteroatoms. The monoisotopic (exact) mass is 397 g/mol. The van der Waals surface area contributed by atoms with Gasteiger partial charge in [-0.05, 0) is 29.8 Å². The highest BCUT2D eigenvalue weighted by atomic mass is 32.2. The summed E-state index contributed by atoms with van der Waals surface area (Å²) in [7, 11) is -3.67. The minimum Gasteiger partial charge on any atom is -0.457 e. The Hall–Kier alpha value is -2.36. The van der Waals surface area contributed by atoms with Gasteiger partial charge < -0.3 is 9.47 Å². The predicted octanol–water partition coefficient (Wildman–Crippen LogP) is 2.34. The number of sulfonamides is 1. The molecule has 0 spiro atoms. The third-order valence-electron chi connectivity index (χ3n) is 3.97. The molecule has 3 rings (SSSR count). The molecule has 6 nitrogen and oxygen atoms in total. The number of carbonyl (C=O) groups excluding carboxylic acids is 1. The summed E-state index contributed by atoms with van der Waals surface area (Å²) in [5, 5.41) is 0. The predicted molar refractivity (Wildman–Crippen MR) is 91.5 cm³/mol. The maximum atomic E-state index is 13.2. The van der Waals surface area contributed by atoms with Crippen molar-refractivity contribution in [2.45, 2.75) is 11.5 Å². The first-order chi connectivity index (χ1) is 12.9. The fraction of sp³-hybridized carbons (Fsp3) is 0.278. The van der Waals surface area contributed by atoms with Crippen LogP contribution in [0.25, 0.3) is 0 Å². The van der Waals surface area contributed by atoms with E-state index >= 15 is 0 Å². The van der Waals surface area contributed by atoms with Crippen molar-refractivity contribution in [1.29, 1.82) is 0 Å². The summed E-state index contributed by atoms with van der Waals surface area (Å²) < 4.78 is 63.2. The van der Waals surface area contributed by atoms with E-state index in [1.54, 1.807) is 12.1 Å². The highest BCUT2D eigenvalue weighted by Crippen LogP contribution is 2.19. The van der Waals surface area contributed by atoms with Gasteiger partial charge in [-0.3, -0.25) is 0 Å². The van der Waals surface area contributed by atoms with Crippen LogP contribution in [0, 0.1) is 11.6 Å². The number of nitrogens with zero attached hydrogens (tertiary/aromatic N) is 1. The van der Waals surface area contributed by atoms with Gasteiger partial charge in [-0.25, -0.2) is 22.0 Å². The van der Waals surface area contributed by atoms with Gasteiger partial charge in [0.25, 0.3) is 0 Å². The van der Waals surface area contributed by atoms with Gasteiger partial charge in [-0.1, -0.05) is 12.1 Å². The van der Waals surface area contributed by atoms with Crippen LogP contribution < -0.4 is 0 Å². The van der Waals surface area contributed by atoms with Gasteiger partial charge >= 0.3 is 5.97 Å². The molecule has 0 saturated carbocycles. The van der Waals surface area contributed by atoms with Crippen molar-refractivity contribution < 1.29 is 31.5 Å². The molecule has 27 heavy (non-hydrogen) atoms. The summed E-state index contributed by atoms with van der Waals surface area (Å²) >= 11 is 0. The fourth-order valence-electron chi connectivity index (χ4n) is 2.64. The molecule has 1 fully saturated rings. The molecular weight excluding hydrogens is 380 g/mol. The van der Waals surface area contributed by atoms with Gasteiger partial charge in [0.2, 0.25) is 10.0 Å². The summed E-state index contributed by atoms with van der Waals surface area (Å²) in [6, 6.07) is 8.38. The Kier molecular flexibility index (Phi) is 5.83. The van der Waals surface area contributed by atoms with Gasteiger partial charge in [0, 0.05) is 19.2 Å². The minimum atomic E-state index is -3.67. The third kappa shape index (κ3) is 4.68. The summed E-state index contributed by atoms with van der Waals surface area (Å²) in [5.41, 5.74) is 0.180. The topological polar surface area (TPSA) is 72.9 Å². The molecule has 1 aliphatic heterocycles. The minimum absolute atomic E-state index is 0.0785. The molecule has 0 aromatic heterocycles. The zero-order valence-corrected chi connectivity index (χ0v) is 15.0. The van der Waals surface area contributed by atoms with E-state index in [1.807, 2.05) is 0 Å². The van der Waals surface area contributed by atoms with E-state index in [-0.39, 0.29) is 30.2 Å². The number of carbonyl (C=O) groups is 1. The van der Waals surface area contributed by atoms with Crippen molar-refractivity contribution in [3.05, 3.63) is 65.2 Å². The summed E-state index contributed by atoms with van der Waals surface area (Å²) in [6.07, 6.45) is 0. The molecule has 0 radical (unpaired) electrons. The van der Waals surface area contributed by atoms with E-state index in [4.69, 9.17) is 9.47 Å². The van der Waals surface area contributed by atoms with E-state index in [1.165, 1.54) is 16.4 Å². The van der Waals surface area contributed by atoms with Crippen molar-refractivity contribution >= 4 is 16.0 Å². The lowest BCUT2D eigenvalue weighted by atomic mass is 10.2. The van der Waals surface area contributed by atoms with Crippen LogP contribution in [-0.4, -0.2) is 45.0 Å². The number of esters is 1. The van der Waals surface area contributed by atoms with E-state index in [0.29, 0.717) is 24.8 Å². The van der Waals surface area contributed by atoms with Gasteiger partial charge in [0.15, 0.2) is 0 Å². The van der Waals surface area contributed by atoms with Gasteiger partial charge in [-0.2, -0.15) is 4.31 Å². The van der Waals surface area contributed by atoms with Crippen LogP contribution in [0.1, 0.15) is 15.9 Å². The highest BCUT2D eigenvalue weighted by Gasteiger charge is 2.26. The van der Waals surface area contributed by atoms with Crippen molar-refractivity contribution in [3.8, 4) is 0 Å². The molecular formula is C18H17F2NO5S. The Morgan fingerprint density at radius 1 is 1.07 bits per heavy atom. The molecule has 1 saturated heterocycles. The fourth-order valence-corrected chi connectivity index (χ4v) is 4.11. The first-order valence-corrected chi connectivity index (χ1v) is 9.60. The second-order valence-electron chi connectivity index (χ2n) is 5.90. The van der Waals surface area contributed by atoms with Crippen LogP contribution in [0.4, 0.5) is 8.78 Å². The quantitative estimate of drug-likeness (QED) is 0.725. The maximum absolute atomic E-state index is 13.2. The molecule has 0 aliphatic carbocycles. The zero-order valence-electron chi connectivity index (χ0n) is 14.2. The van der Waals surface area contributed by atoms with Crippen LogP contribution in [-0.2, 0) is 26.1 Å². The second kappa shape index (κ2) is 8.12. The molecule has 1 heterocycles. The normalized spacial score (nSPS) is 15.5. The SMILES string of the molecule is O=C(OCc1cccc(S(=O)(=O)N2CCOCC2)c1)c1cc(F)cc(F)c1. The van der Waals surface area contributed by atoms with Crippen LogP contribution in [0.15, 0.2) is 47.4 Å². The lowest BCUT2D eigenvalue weighted by Gasteiger charge is -2.26. The van der Waals surface area contributed by atoms with E-state index in [9.17, 15) is 22.0 Å². The summed E-state index contributed by atoms with van der Waals surface area (Å²) in [6.45, 7) is 0.976. The van der Waals surface area contributed by atoms with Gasteiger partial charge in [0.1, 0.15) is 18.2 Å². The smallest absolute Gasteiger partial charge is 0.338 e. The standard InChI is InChI=1S/C18H17F2NO5S/c19-15-9-14(10-16(20)11-15)18(22)26-12-13-2-1-3-17(8-13)27(23,24)21-4-6-25-7-5-21/h1-3,8-11H,4-7,12H2. The molecule has 0 atom stereocenters. The highest BCUT2D eigenvalue weighted by molar-refractivity contribution is 7.89. The van der Waals surface area contributed by atoms with Crippen molar-refractivity contribution in [3.63, 3.8) is 0 Å². The van der Waals surface area contributed by atoms with Crippen molar-refractivity contribution in [2.24, 2.45) is 0 Å².